The Kier molecular flexibility index (Phi) is 7.31. The molecule has 0 amide bonds. The van der Waals surface area contributed by atoms with Gasteiger partial charge in [-0.15, -0.1) is 0 Å². The van der Waals surface area contributed by atoms with Crippen molar-refractivity contribution in [2.75, 3.05) is 7.05 Å². The maximum atomic E-state index is 12.1. The van der Waals surface area contributed by atoms with Crippen LogP contribution in [0.3, 0.4) is 0 Å². The van der Waals surface area contributed by atoms with Crippen LogP contribution in [0.2, 0.25) is 0 Å². The van der Waals surface area contributed by atoms with Crippen LogP contribution in [0.4, 0.5) is 4.39 Å². The fourth-order valence-corrected chi connectivity index (χ4v) is 0.370. The first-order valence-electron chi connectivity index (χ1n) is 2.25. The Morgan fingerprint density at radius 3 is 2.55 bits per heavy atom. The number of hydrogen-bond acceptors (Lipinski definition) is 3. The first-order valence-corrected chi connectivity index (χ1v) is 2.25. The molecule has 60 valence electrons. The Morgan fingerprint density at radius 2 is 2.18 bits per heavy atom. The predicted molar refractivity (Wildman–Crippen MR) is 33.1 cm³/mol. The molecule has 0 aliphatic carbocycles. The summed E-state index contributed by atoms with van der Waals surface area (Å²) in [6.45, 7) is 0. The Balaban J connectivity index is 0. The summed E-state index contributed by atoms with van der Waals surface area (Å²) >= 11 is 0. The van der Waals surface area contributed by atoms with Crippen molar-refractivity contribution in [2.45, 2.75) is 0 Å². The number of rotatable bonds is 0. The maximum Gasteiger partial charge on any atom is 2.00 e. The van der Waals surface area contributed by atoms with Crippen molar-refractivity contribution >= 4 is 0 Å². The van der Waals surface area contributed by atoms with Gasteiger partial charge in [-0.25, -0.2) is 4.39 Å². The average Bonchev–Trinajstić information content (AvgIpc) is 1.88. The van der Waals surface area contributed by atoms with Crippen molar-refractivity contribution < 1.29 is 25.5 Å². The van der Waals surface area contributed by atoms with Gasteiger partial charge < -0.3 is 27.4 Å². The molecule has 1 aromatic rings. The predicted octanol–water partition coefficient (Wildman–Crippen LogP) is -0.278. The summed E-state index contributed by atoms with van der Waals surface area (Å²) in [5.74, 6) is 0. The van der Waals surface area contributed by atoms with E-state index >= 15 is 0 Å². The van der Waals surface area contributed by atoms with Gasteiger partial charge in [0, 0.05) is 13.4 Å². The van der Waals surface area contributed by atoms with Gasteiger partial charge in [0.1, 0.15) is 5.62 Å². The summed E-state index contributed by atoms with van der Waals surface area (Å²) in [7, 11) is 1.49. The van der Waals surface area contributed by atoms with Gasteiger partial charge in [-0.2, -0.15) is 0 Å². The van der Waals surface area contributed by atoms with E-state index in [1.54, 1.807) is 0 Å². The van der Waals surface area contributed by atoms with Gasteiger partial charge in [-0.3, -0.25) is 0 Å². The molecule has 0 radical (unpaired) electrons. The van der Waals surface area contributed by atoms with Gasteiger partial charge >= 0.3 is 21.1 Å². The van der Waals surface area contributed by atoms with Crippen molar-refractivity contribution in [3.8, 4) is 0 Å². The monoisotopic (exact) mass is 326 g/mol. The third-order valence-electron chi connectivity index (χ3n) is 0.731. The molecule has 6 heteroatoms. The Hall–Kier alpha value is -0.572. The van der Waals surface area contributed by atoms with Crippen LogP contribution in [0.1, 0.15) is 0 Å². The van der Waals surface area contributed by atoms with Crippen LogP contribution in [0.5, 0.6) is 0 Å². The Labute approximate surface area is 78.3 Å². The normalized spacial score (nSPS) is 9.82. The van der Waals surface area contributed by atoms with Gasteiger partial charge in [0.25, 0.3) is 0 Å². The van der Waals surface area contributed by atoms with Gasteiger partial charge in [-0.05, 0) is 0 Å². The fourth-order valence-electron chi connectivity index (χ4n) is 0.370. The summed E-state index contributed by atoms with van der Waals surface area (Å²) in [6.07, 6.45) is 1.35. The molecule has 11 heavy (non-hydrogen) atoms. The minimum atomic E-state index is -0.731. The minimum Gasteiger partial charge on any atom is -0.392 e. The third kappa shape index (κ3) is 3.98. The number of nitrogens with zero attached hydrogens (tertiary/aromatic N) is 3. The van der Waals surface area contributed by atoms with Crippen molar-refractivity contribution in [2.24, 2.45) is 4.99 Å². The van der Waals surface area contributed by atoms with Crippen LogP contribution in [-0.4, -0.2) is 22.0 Å². The van der Waals surface area contributed by atoms with E-state index in [-0.39, 0.29) is 34.1 Å². The van der Waals surface area contributed by atoms with Crippen molar-refractivity contribution in [1.29, 1.82) is 0 Å². The van der Waals surface area contributed by atoms with Gasteiger partial charge in [-0.1, -0.05) is 0 Å². The molecule has 0 aliphatic heterocycles. The molecule has 1 aromatic heterocycles. The zero-order valence-electron chi connectivity index (χ0n) is 6.13. The topological polar surface area (TPSA) is 53.9 Å². The van der Waals surface area contributed by atoms with E-state index in [2.05, 4.69) is 26.3 Å². The summed E-state index contributed by atoms with van der Waals surface area (Å²) in [6, 6.07) is 0. The molecule has 1 rings (SSSR count). The second kappa shape index (κ2) is 6.16. The van der Waals surface area contributed by atoms with Gasteiger partial charge in [0.2, 0.25) is 0 Å². The number of aromatic amines is 1. The molecule has 0 unspecified atom stereocenters. The summed E-state index contributed by atoms with van der Waals surface area (Å²) in [4.78, 5) is 12.3. The average molecular weight is 326 g/mol. The number of nitrogens with one attached hydrogen (secondary N) is 1. The molecular formula is C5H7FN4W. The molecule has 0 aliphatic rings. The largest absolute Gasteiger partial charge is 2.00 e. The molecule has 0 aromatic carbocycles. The summed E-state index contributed by atoms with van der Waals surface area (Å²) < 4.78 is 12.1. The molecule has 0 atom stereocenters. The summed E-state index contributed by atoms with van der Waals surface area (Å²) in [5.41, 5.74) is 0.183. The fraction of sp³-hybridized carbons (Fsp3) is 0.200. The molecule has 1 heterocycles. The van der Waals surface area contributed by atoms with Crippen molar-refractivity contribution in [3.63, 3.8) is 0 Å². The van der Waals surface area contributed by atoms with Crippen LogP contribution < -0.4 is 5.62 Å². The first kappa shape index (κ1) is 13.0. The van der Waals surface area contributed by atoms with Crippen LogP contribution in [0.15, 0.2) is 4.99 Å². The SMILES string of the molecule is CN=c1n[c-]nc(F)[nH]1.[CH3-].[W+2]. The number of halogens is 1. The minimum absolute atomic E-state index is 0. The van der Waals surface area contributed by atoms with Crippen LogP contribution in [0.25, 0.3) is 0 Å². The first-order chi connectivity index (χ1) is 4.33. The van der Waals surface area contributed by atoms with Gasteiger partial charge in [0.05, 0.1) is 0 Å². The van der Waals surface area contributed by atoms with E-state index < -0.39 is 6.08 Å². The van der Waals surface area contributed by atoms with E-state index in [1.165, 1.54) is 7.05 Å². The molecule has 0 fully saturated rings. The molecule has 4 nitrogen and oxygen atoms in total. The zero-order chi connectivity index (χ0) is 6.69. The second-order valence-corrected chi connectivity index (χ2v) is 1.29. The number of aromatic nitrogens is 3. The van der Waals surface area contributed by atoms with Crippen LogP contribution >= 0.6 is 0 Å². The van der Waals surface area contributed by atoms with Crippen LogP contribution in [0, 0.1) is 19.8 Å². The van der Waals surface area contributed by atoms with Crippen molar-refractivity contribution in [1.82, 2.24) is 15.0 Å². The van der Waals surface area contributed by atoms with E-state index in [0.29, 0.717) is 0 Å². The van der Waals surface area contributed by atoms with E-state index in [9.17, 15) is 4.39 Å². The number of H-pyrrole nitrogens is 1. The van der Waals surface area contributed by atoms with E-state index in [1.807, 2.05) is 0 Å². The number of hydrogen-bond donors (Lipinski definition) is 1. The molecule has 0 saturated heterocycles. The standard InChI is InChI=1S/C4H4FN4.CH3.W/c1-6-4-8-2-7-3(5)9-4;;/h1H3,(H,6,7,8,9);1H3;/q2*-1;+2. The van der Waals surface area contributed by atoms with Crippen LogP contribution in [-0.2, 0) is 21.1 Å². The van der Waals surface area contributed by atoms with E-state index in [4.69, 9.17) is 0 Å². The molecule has 1 N–H and O–H groups in total. The van der Waals surface area contributed by atoms with Gasteiger partial charge in [0.15, 0.2) is 6.08 Å². The van der Waals surface area contributed by atoms with Crippen molar-refractivity contribution in [3.05, 3.63) is 25.5 Å². The molecule has 0 spiro atoms. The maximum absolute atomic E-state index is 12.1. The smallest absolute Gasteiger partial charge is 0.392 e. The quantitative estimate of drug-likeness (QED) is 0.667. The third-order valence-corrected chi connectivity index (χ3v) is 0.731. The molecule has 0 saturated carbocycles. The second-order valence-electron chi connectivity index (χ2n) is 1.29. The molecule has 0 bridgehead atoms. The van der Waals surface area contributed by atoms with E-state index in [0.717, 1.165) is 0 Å². The molecular weight excluding hydrogens is 319 g/mol. The summed E-state index contributed by atoms with van der Waals surface area (Å²) in [5, 5.41) is 0. The zero-order valence-corrected chi connectivity index (χ0v) is 9.06. The Morgan fingerprint density at radius 1 is 1.55 bits per heavy atom. The Bertz CT molecular complexity index is 259.